The summed E-state index contributed by atoms with van der Waals surface area (Å²) in [7, 11) is 0. The van der Waals surface area contributed by atoms with Gasteiger partial charge in [-0.25, -0.2) is 4.98 Å². The summed E-state index contributed by atoms with van der Waals surface area (Å²) in [6, 6.07) is 3.64. The minimum Gasteiger partial charge on any atom is -0.329 e. The van der Waals surface area contributed by atoms with E-state index in [-0.39, 0.29) is 0 Å². The van der Waals surface area contributed by atoms with Crippen molar-refractivity contribution in [1.82, 2.24) is 25.1 Å². The molecule has 0 spiro atoms. The summed E-state index contributed by atoms with van der Waals surface area (Å²) < 4.78 is 0.638. The molecule has 0 aliphatic heterocycles. The van der Waals surface area contributed by atoms with E-state index in [1.165, 1.54) is 0 Å². The number of hydrogen-bond acceptors (Lipinski definition) is 4. The molecule has 3 aromatic heterocycles. The molecule has 3 rings (SSSR count). The Labute approximate surface area is 95.6 Å². The SMILES string of the molecule is S=c1ccnc(-c2cc3cn[nH]c3cn2)[nH]1. The molecule has 6 heteroatoms. The Morgan fingerprint density at radius 2 is 2.12 bits per heavy atom. The van der Waals surface area contributed by atoms with Crippen LogP contribution in [0.5, 0.6) is 0 Å². The van der Waals surface area contributed by atoms with Crippen molar-refractivity contribution in [3.8, 4) is 11.5 Å². The van der Waals surface area contributed by atoms with Gasteiger partial charge in [-0.05, 0) is 12.1 Å². The first-order valence-electron chi connectivity index (χ1n) is 4.68. The summed E-state index contributed by atoms with van der Waals surface area (Å²) >= 11 is 5.04. The molecule has 0 unspecified atom stereocenters. The zero-order valence-corrected chi connectivity index (χ0v) is 8.95. The van der Waals surface area contributed by atoms with Crippen molar-refractivity contribution in [3.05, 3.63) is 35.4 Å². The van der Waals surface area contributed by atoms with Crippen LogP contribution in [0.25, 0.3) is 22.4 Å². The summed E-state index contributed by atoms with van der Waals surface area (Å²) in [4.78, 5) is 11.5. The molecular formula is C10H7N5S. The molecule has 0 bridgehead atoms. The minimum atomic E-state index is 0.638. The molecule has 0 atom stereocenters. The maximum absolute atomic E-state index is 5.04. The lowest BCUT2D eigenvalue weighted by Gasteiger charge is -1.99. The van der Waals surface area contributed by atoms with Gasteiger partial charge in [0.1, 0.15) is 10.3 Å². The Balaban J connectivity index is 2.21. The number of nitrogens with zero attached hydrogens (tertiary/aromatic N) is 3. The van der Waals surface area contributed by atoms with Gasteiger partial charge in [0.05, 0.1) is 17.9 Å². The van der Waals surface area contributed by atoms with Crippen LogP contribution in [0.2, 0.25) is 0 Å². The van der Waals surface area contributed by atoms with Crippen molar-refractivity contribution in [2.45, 2.75) is 0 Å². The number of pyridine rings is 1. The maximum atomic E-state index is 5.04. The van der Waals surface area contributed by atoms with E-state index in [1.54, 1.807) is 24.7 Å². The number of rotatable bonds is 1. The van der Waals surface area contributed by atoms with E-state index in [4.69, 9.17) is 12.2 Å². The first-order chi connectivity index (χ1) is 7.83. The average Bonchev–Trinajstić information content (AvgIpc) is 2.75. The van der Waals surface area contributed by atoms with Gasteiger partial charge in [-0.2, -0.15) is 5.10 Å². The Morgan fingerprint density at radius 3 is 3.00 bits per heavy atom. The fourth-order valence-corrected chi connectivity index (χ4v) is 1.63. The molecule has 3 heterocycles. The highest BCUT2D eigenvalue weighted by Crippen LogP contribution is 2.16. The Bertz CT molecular complexity index is 699. The minimum absolute atomic E-state index is 0.638. The summed E-state index contributed by atoms with van der Waals surface area (Å²) in [6.07, 6.45) is 5.14. The summed E-state index contributed by atoms with van der Waals surface area (Å²) in [5.74, 6) is 0.663. The van der Waals surface area contributed by atoms with Crippen LogP contribution in [0.3, 0.4) is 0 Å². The second kappa shape index (κ2) is 3.49. The van der Waals surface area contributed by atoms with E-state index in [9.17, 15) is 0 Å². The van der Waals surface area contributed by atoms with Gasteiger partial charge in [-0.1, -0.05) is 12.2 Å². The third-order valence-electron chi connectivity index (χ3n) is 2.24. The van der Waals surface area contributed by atoms with Gasteiger partial charge in [0.25, 0.3) is 0 Å². The van der Waals surface area contributed by atoms with Gasteiger partial charge in [0.2, 0.25) is 0 Å². The number of fused-ring (bicyclic) bond motifs is 1. The zero-order chi connectivity index (χ0) is 11.0. The second-order valence-corrected chi connectivity index (χ2v) is 3.75. The van der Waals surface area contributed by atoms with Crippen LogP contribution >= 0.6 is 12.2 Å². The third-order valence-corrected chi connectivity index (χ3v) is 2.48. The zero-order valence-electron chi connectivity index (χ0n) is 8.14. The Morgan fingerprint density at radius 1 is 1.19 bits per heavy atom. The molecular weight excluding hydrogens is 222 g/mol. The quantitative estimate of drug-likeness (QED) is 0.627. The number of hydrogen-bond donors (Lipinski definition) is 2. The highest BCUT2D eigenvalue weighted by Gasteiger charge is 2.03. The summed E-state index contributed by atoms with van der Waals surface area (Å²) in [5.41, 5.74) is 1.65. The van der Waals surface area contributed by atoms with Gasteiger partial charge >= 0.3 is 0 Å². The van der Waals surface area contributed by atoms with Crippen LogP contribution in [-0.2, 0) is 0 Å². The molecule has 78 valence electrons. The largest absolute Gasteiger partial charge is 0.329 e. The molecule has 0 saturated carbocycles. The fourth-order valence-electron chi connectivity index (χ4n) is 1.47. The van der Waals surface area contributed by atoms with Crippen LogP contribution in [-0.4, -0.2) is 25.1 Å². The molecule has 2 N–H and O–H groups in total. The molecule has 0 amide bonds. The van der Waals surface area contributed by atoms with Crippen LogP contribution in [0, 0.1) is 4.64 Å². The lowest BCUT2D eigenvalue weighted by atomic mass is 10.2. The van der Waals surface area contributed by atoms with Crippen molar-refractivity contribution in [2.24, 2.45) is 0 Å². The van der Waals surface area contributed by atoms with Crippen molar-refractivity contribution in [2.75, 3.05) is 0 Å². The number of H-pyrrole nitrogens is 2. The van der Waals surface area contributed by atoms with Crippen molar-refractivity contribution < 1.29 is 0 Å². The van der Waals surface area contributed by atoms with Crippen LogP contribution in [0.15, 0.2) is 30.7 Å². The van der Waals surface area contributed by atoms with Crippen molar-refractivity contribution in [3.63, 3.8) is 0 Å². The number of nitrogens with one attached hydrogen (secondary N) is 2. The number of aromatic amines is 2. The molecule has 0 aliphatic carbocycles. The summed E-state index contributed by atoms with van der Waals surface area (Å²) in [5, 5.41) is 7.78. The molecule has 0 radical (unpaired) electrons. The van der Waals surface area contributed by atoms with Crippen LogP contribution in [0.1, 0.15) is 0 Å². The molecule has 16 heavy (non-hydrogen) atoms. The van der Waals surface area contributed by atoms with Gasteiger partial charge in [-0.3, -0.25) is 10.1 Å². The Kier molecular flexibility index (Phi) is 2.00. The molecule has 0 fully saturated rings. The molecule has 5 nitrogen and oxygen atoms in total. The first kappa shape index (κ1) is 9.17. The lowest BCUT2D eigenvalue weighted by Crippen LogP contribution is -1.90. The van der Waals surface area contributed by atoms with Crippen LogP contribution in [0.4, 0.5) is 0 Å². The standard InChI is InChI=1S/C10H7N5S/c16-9-1-2-11-10(14-9)7-3-6-4-13-15-8(6)5-12-7/h1-5H,(H,13,15)(H,11,14,16). The highest BCUT2D eigenvalue weighted by molar-refractivity contribution is 7.71. The van der Waals surface area contributed by atoms with E-state index >= 15 is 0 Å². The third kappa shape index (κ3) is 1.49. The van der Waals surface area contributed by atoms with E-state index in [0.717, 1.165) is 16.6 Å². The van der Waals surface area contributed by atoms with Crippen molar-refractivity contribution >= 4 is 23.1 Å². The average molecular weight is 229 g/mol. The topological polar surface area (TPSA) is 70.2 Å². The smallest absolute Gasteiger partial charge is 0.156 e. The van der Waals surface area contributed by atoms with Gasteiger partial charge < -0.3 is 4.98 Å². The maximum Gasteiger partial charge on any atom is 0.156 e. The Hall–Kier alpha value is -2.08. The summed E-state index contributed by atoms with van der Waals surface area (Å²) in [6.45, 7) is 0. The lowest BCUT2D eigenvalue weighted by molar-refractivity contribution is 1.11. The number of aromatic nitrogens is 5. The van der Waals surface area contributed by atoms with Crippen molar-refractivity contribution in [1.29, 1.82) is 0 Å². The molecule has 0 aromatic carbocycles. The fraction of sp³-hybridized carbons (Fsp3) is 0. The predicted molar refractivity (Wildman–Crippen MR) is 62.3 cm³/mol. The van der Waals surface area contributed by atoms with Gasteiger partial charge in [0.15, 0.2) is 5.82 Å². The monoisotopic (exact) mass is 229 g/mol. The van der Waals surface area contributed by atoms with E-state index in [2.05, 4.69) is 25.1 Å². The van der Waals surface area contributed by atoms with Gasteiger partial charge in [-0.15, -0.1) is 0 Å². The normalized spacial score (nSPS) is 10.8. The highest BCUT2D eigenvalue weighted by atomic mass is 32.1. The molecule has 0 aliphatic rings. The molecule has 0 saturated heterocycles. The first-order valence-corrected chi connectivity index (χ1v) is 5.08. The van der Waals surface area contributed by atoms with E-state index in [1.807, 2.05) is 6.07 Å². The van der Waals surface area contributed by atoms with Gasteiger partial charge in [0, 0.05) is 11.6 Å². The van der Waals surface area contributed by atoms with E-state index in [0.29, 0.717) is 10.5 Å². The second-order valence-electron chi connectivity index (χ2n) is 3.31. The molecule has 3 aromatic rings. The predicted octanol–water partition coefficient (Wildman–Crippen LogP) is 2.08. The van der Waals surface area contributed by atoms with E-state index < -0.39 is 0 Å². The van der Waals surface area contributed by atoms with Crippen LogP contribution < -0.4 is 0 Å².